The number of methoxy groups -OCH3 is 2. The van der Waals surface area contributed by atoms with Crippen LogP contribution < -0.4 is 19.8 Å². The Morgan fingerprint density at radius 3 is 2.69 bits per heavy atom. The molecule has 1 aliphatic rings. The molecule has 0 N–H and O–H groups in total. The van der Waals surface area contributed by atoms with E-state index in [0.29, 0.717) is 34.8 Å². The molecule has 1 aliphatic heterocycles. The fourth-order valence-electron chi connectivity index (χ4n) is 3.76. The lowest BCUT2D eigenvalue weighted by Gasteiger charge is -2.39. The zero-order valence-corrected chi connectivity index (χ0v) is 18.3. The monoisotopic (exact) mass is 436 g/mol. The van der Waals surface area contributed by atoms with Gasteiger partial charge in [0.05, 0.1) is 14.2 Å². The van der Waals surface area contributed by atoms with Gasteiger partial charge in [-0.25, -0.2) is 9.59 Å². The Balaban J connectivity index is 1.55. The van der Waals surface area contributed by atoms with Crippen molar-refractivity contribution in [2.24, 2.45) is 0 Å². The zero-order valence-electron chi connectivity index (χ0n) is 18.3. The highest BCUT2D eigenvalue weighted by molar-refractivity contribution is 5.88. The highest BCUT2D eigenvalue weighted by Crippen LogP contribution is 2.37. The lowest BCUT2D eigenvalue weighted by atomic mass is 9.90. The molecule has 0 bridgehead atoms. The normalized spacial score (nSPS) is 16.9. The van der Waals surface area contributed by atoms with Crippen molar-refractivity contribution >= 4 is 23.0 Å². The maximum Gasteiger partial charge on any atom is 0.336 e. The molecule has 0 amide bonds. The molecule has 1 atom stereocenters. The Morgan fingerprint density at radius 2 is 1.94 bits per heavy atom. The van der Waals surface area contributed by atoms with E-state index >= 15 is 0 Å². The van der Waals surface area contributed by atoms with Gasteiger partial charge in [0.15, 0.2) is 11.5 Å². The van der Waals surface area contributed by atoms with Gasteiger partial charge < -0.3 is 23.4 Å². The van der Waals surface area contributed by atoms with Crippen molar-refractivity contribution in [3.63, 3.8) is 0 Å². The van der Waals surface area contributed by atoms with Crippen LogP contribution in [0.15, 0.2) is 57.8 Å². The van der Waals surface area contributed by atoms with Crippen molar-refractivity contribution in [3.8, 4) is 17.2 Å². The smallest absolute Gasteiger partial charge is 0.336 e. The summed E-state index contributed by atoms with van der Waals surface area (Å²) in [5, 5.41) is 0.779. The summed E-state index contributed by atoms with van der Waals surface area (Å²) < 4.78 is 27.8. The van der Waals surface area contributed by atoms with Gasteiger partial charge in [0.25, 0.3) is 0 Å². The van der Waals surface area contributed by atoms with Crippen LogP contribution in [-0.2, 0) is 16.0 Å². The highest BCUT2D eigenvalue weighted by Gasteiger charge is 2.39. The fraction of sp³-hybridized carbons (Fsp3) is 0.280. The SMILES string of the molecule is COc1cccc(/C=C/C(=O)O[C@H]2Cc3cc4ccc(=O)oc4cc3OC2(C)C)c1OC. The van der Waals surface area contributed by atoms with E-state index in [2.05, 4.69) is 0 Å². The maximum atomic E-state index is 12.6. The third-order valence-electron chi connectivity index (χ3n) is 5.45. The molecule has 4 rings (SSSR count). The summed E-state index contributed by atoms with van der Waals surface area (Å²) in [6.45, 7) is 3.71. The number of carbonyl (C=O) groups excluding carboxylic acids is 1. The number of esters is 1. The molecule has 7 nitrogen and oxygen atoms in total. The Morgan fingerprint density at radius 1 is 1.12 bits per heavy atom. The minimum atomic E-state index is -0.771. The molecule has 2 aromatic carbocycles. The molecule has 0 fully saturated rings. The standard InChI is InChI=1S/C25H24O7/c1-25(2)21(13-17-12-16-9-11-22(26)30-19(16)14-20(17)32-25)31-23(27)10-8-15-6-5-7-18(28-3)24(15)29-4/h5-12,14,21H,13H2,1-4H3/b10-8+/t21-/m0/s1. The van der Waals surface area contributed by atoms with Gasteiger partial charge >= 0.3 is 11.6 Å². The van der Waals surface area contributed by atoms with Crippen LogP contribution in [0.25, 0.3) is 17.0 Å². The molecular formula is C25H24O7. The first kappa shape index (κ1) is 21.5. The second-order valence-electron chi connectivity index (χ2n) is 8.00. The quantitative estimate of drug-likeness (QED) is 0.337. The third-order valence-corrected chi connectivity index (χ3v) is 5.45. The van der Waals surface area contributed by atoms with Gasteiger partial charge in [-0.15, -0.1) is 0 Å². The van der Waals surface area contributed by atoms with Crippen LogP contribution in [0.2, 0.25) is 0 Å². The topological polar surface area (TPSA) is 84.2 Å². The van der Waals surface area contributed by atoms with Crippen LogP contribution in [0.1, 0.15) is 25.0 Å². The molecule has 0 saturated carbocycles. The Hall–Kier alpha value is -3.74. The first-order valence-electron chi connectivity index (χ1n) is 10.2. The first-order chi connectivity index (χ1) is 15.3. The van der Waals surface area contributed by atoms with Crippen molar-refractivity contribution in [3.05, 3.63) is 70.1 Å². The van der Waals surface area contributed by atoms with E-state index in [0.717, 1.165) is 10.9 Å². The van der Waals surface area contributed by atoms with Crippen molar-refractivity contribution < 1.29 is 28.2 Å². The molecule has 0 aliphatic carbocycles. The number of hydrogen-bond donors (Lipinski definition) is 0. The number of hydrogen-bond acceptors (Lipinski definition) is 7. The summed E-state index contributed by atoms with van der Waals surface area (Å²) in [4.78, 5) is 24.1. The second kappa shape index (κ2) is 8.42. The Bertz CT molecular complexity index is 1250. The predicted molar refractivity (Wildman–Crippen MR) is 119 cm³/mol. The molecule has 7 heteroatoms. The summed E-state index contributed by atoms with van der Waals surface area (Å²) >= 11 is 0. The van der Waals surface area contributed by atoms with Crippen molar-refractivity contribution in [2.75, 3.05) is 14.2 Å². The van der Waals surface area contributed by atoms with E-state index in [9.17, 15) is 9.59 Å². The van der Waals surface area contributed by atoms with Gasteiger partial charge in [-0.3, -0.25) is 0 Å². The Labute approximate surface area is 185 Å². The van der Waals surface area contributed by atoms with E-state index in [1.165, 1.54) is 12.1 Å². The molecule has 2 heterocycles. The van der Waals surface area contributed by atoms with Crippen molar-refractivity contribution in [1.82, 2.24) is 0 Å². The van der Waals surface area contributed by atoms with Crippen LogP contribution in [0.3, 0.4) is 0 Å². The van der Waals surface area contributed by atoms with Gasteiger partial charge in [0.2, 0.25) is 0 Å². The lowest BCUT2D eigenvalue weighted by molar-refractivity contribution is -0.155. The van der Waals surface area contributed by atoms with Crippen LogP contribution in [0.4, 0.5) is 0 Å². The summed E-state index contributed by atoms with van der Waals surface area (Å²) in [5.74, 6) is 1.23. The minimum Gasteiger partial charge on any atom is -0.493 e. The van der Waals surface area contributed by atoms with Gasteiger partial charge in [0, 0.05) is 35.6 Å². The first-order valence-corrected chi connectivity index (χ1v) is 10.2. The van der Waals surface area contributed by atoms with E-state index in [4.69, 9.17) is 23.4 Å². The van der Waals surface area contributed by atoms with Gasteiger partial charge in [-0.2, -0.15) is 0 Å². The number of ether oxygens (including phenoxy) is 4. The van der Waals surface area contributed by atoms with Crippen LogP contribution in [-0.4, -0.2) is 31.9 Å². The van der Waals surface area contributed by atoms with E-state index in [1.807, 2.05) is 32.0 Å². The molecule has 0 radical (unpaired) electrons. The molecule has 3 aromatic rings. The van der Waals surface area contributed by atoms with Gasteiger partial charge in [0.1, 0.15) is 23.0 Å². The summed E-state index contributed by atoms with van der Waals surface area (Å²) in [6.07, 6.45) is 2.95. The van der Waals surface area contributed by atoms with E-state index in [-0.39, 0.29) is 0 Å². The van der Waals surface area contributed by atoms with E-state index < -0.39 is 23.3 Å². The van der Waals surface area contributed by atoms with E-state index in [1.54, 1.807) is 38.5 Å². The molecule has 166 valence electrons. The van der Waals surface area contributed by atoms with Gasteiger partial charge in [-0.1, -0.05) is 12.1 Å². The average molecular weight is 436 g/mol. The predicted octanol–water partition coefficient (Wildman–Crippen LogP) is 4.15. The average Bonchev–Trinajstić information content (AvgIpc) is 2.76. The van der Waals surface area contributed by atoms with Crippen molar-refractivity contribution in [2.45, 2.75) is 32.0 Å². The number of fused-ring (bicyclic) bond motifs is 2. The highest BCUT2D eigenvalue weighted by atomic mass is 16.6. The molecule has 0 spiro atoms. The maximum absolute atomic E-state index is 12.6. The summed E-state index contributed by atoms with van der Waals surface area (Å²) in [7, 11) is 3.10. The number of carbonyl (C=O) groups is 1. The molecule has 32 heavy (non-hydrogen) atoms. The lowest BCUT2D eigenvalue weighted by Crippen LogP contribution is -2.48. The number of rotatable bonds is 5. The molecule has 1 aromatic heterocycles. The summed E-state index contributed by atoms with van der Waals surface area (Å²) in [6, 6.07) is 12.1. The van der Waals surface area contributed by atoms with Crippen molar-refractivity contribution in [1.29, 1.82) is 0 Å². The molecule has 0 saturated heterocycles. The fourth-order valence-corrected chi connectivity index (χ4v) is 3.76. The third kappa shape index (κ3) is 4.19. The number of para-hydroxylation sites is 1. The second-order valence-corrected chi connectivity index (χ2v) is 8.00. The summed E-state index contributed by atoms with van der Waals surface area (Å²) in [5.41, 5.74) is 0.840. The molecular weight excluding hydrogens is 412 g/mol. The largest absolute Gasteiger partial charge is 0.493 e. The van der Waals surface area contributed by atoms with Crippen LogP contribution in [0.5, 0.6) is 17.2 Å². The van der Waals surface area contributed by atoms with Crippen LogP contribution in [0, 0.1) is 0 Å². The minimum absolute atomic E-state index is 0.418. The zero-order chi connectivity index (χ0) is 22.9. The van der Waals surface area contributed by atoms with Gasteiger partial charge in [-0.05, 0) is 43.7 Å². The molecule has 0 unspecified atom stereocenters. The number of benzene rings is 2. The van der Waals surface area contributed by atoms with Crippen LogP contribution >= 0.6 is 0 Å². The Kier molecular flexibility index (Phi) is 5.65.